The van der Waals surface area contributed by atoms with Crippen LogP contribution in [0.4, 0.5) is 9.80 Å². The fourth-order valence-corrected chi connectivity index (χ4v) is 3.39. The Labute approximate surface area is 146 Å². The third kappa shape index (κ3) is 2.74. The van der Waals surface area contributed by atoms with Crippen molar-refractivity contribution in [1.29, 1.82) is 0 Å². The summed E-state index contributed by atoms with van der Waals surface area (Å²) in [6.45, 7) is 1.60. The molecule has 0 radical (unpaired) electrons. The third-order valence-electron chi connectivity index (χ3n) is 3.86. The fraction of sp³-hybridized carbons (Fsp3) is 0.200. The highest BCUT2D eigenvalue weighted by Gasteiger charge is 2.48. The smallest absolute Gasteiger partial charge is 0.319 e. The standard InChI is InChI=1S/C15H12ClN3O4S/c1-15(10-2-4-11(16)5-3-10)13(20)18(14(21)17-15)7-9-6-12(19(22)23)24-8-9/h2-6,8H,7H2,1H3,(H,17,21). The second-order valence-electron chi connectivity index (χ2n) is 5.50. The van der Waals surface area contributed by atoms with Crippen molar-refractivity contribution >= 4 is 39.9 Å². The molecular formula is C15H12ClN3O4S. The van der Waals surface area contributed by atoms with Crippen molar-refractivity contribution in [3.8, 4) is 0 Å². The molecule has 1 atom stereocenters. The molecular weight excluding hydrogens is 354 g/mol. The quantitative estimate of drug-likeness (QED) is 0.511. The summed E-state index contributed by atoms with van der Waals surface area (Å²) in [5, 5.41) is 15.5. The van der Waals surface area contributed by atoms with Gasteiger partial charge in [-0.15, -0.1) is 0 Å². The predicted molar refractivity (Wildman–Crippen MR) is 88.9 cm³/mol. The summed E-state index contributed by atoms with van der Waals surface area (Å²) < 4.78 is 0. The first kappa shape index (κ1) is 16.4. The van der Waals surface area contributed by atoms with E-state index in [2.05, 4.69) is 5.32 Å². The van der Waals surface area contributed by atoms with Crippen molar-refractivity contribution in [3.63, 3.8) is 0 Å². The highest BCUT2D eigenvalue weighted by molar-refractivity contribution is 7.13. The monoisotopic (exact) mass is 365 g/mol. The number of thiophene rings is 1. The lowest BCUT2D eigenvalue weighted by Crippen LogP contribution is -2.40. The SMILES string of the molecule is CC1(c2ccc(Cl)cc2)NC(=O)N(Cc2csc([N+](=O)[O-])c2)C1=O. The highest BCUT2D eigenvalue weighted by Crippen LogP contribution is 2.31. The van der Waals surface area contributed by atoms with E-state index in [1.54, 1.807) is 36.6 Å². The molecule has 3 rings (SSSR count). The number of urea groups is 1. The van der Waals surface area contributed by atoms with Gasteiger partial charge in [0.1, 0.15) is 5.54 Å². The number of nitrogens with one attached hydrogen (secondary N) is 1. The van der Waals surface area contributed by atoms with Crippen LogP contribution in [0.5, 0.6) is 0 Å². The van der Waals surface area contributed by atoms with Crippen LogP contribution in [0, 0.1) is 10.1 Å². The first-order valence-electron chi connectivity index (χ1n) is 6.93. The van der Waals surface area contributed by atoms with Crippen LogP contribution >= 0.6 is 22.9 Å². The zero-order valence-electron chi connectivity index (χ0n) is 12.5. The molecule has 2 heterocycles. The molecule has 0 spiro atoms. The molecule has 1 aromatic heterocycles. The minimum absolute atomic E-state index is 0.0157. The van der Waals surface area contributed by atoms with Crippen molar-refractivity contribution in [2.45, 2.75) is 19.0 Å². The molecule has 7 nitrogen and oxygen atoms in total. The second kappa shape index (κ2) is 5.88. The fourth-order valence-electron chi connectivity index (χ4n) is 2.54. The van der Waals surface area contributed by atoms with Gasteiger partial charge in [0.05, 0.1) is 11.5 Å². The number of imide groups is 1. The van der Waals surface area contributed by atoms with E-state index in [9.17, 15) is 19.7 Å². The summed E-state index contributed by atoms with van der Waals surface area (Å²) in [5.41, 5.74) is -0.0384. The van der Waals surface area contributed by atoms with Crippen molar-refractivity contribution in [3.05, 3.63) is 62.0 Å². The number of hydrogen-bond acceptors (Lipinski definition) is 5. The molecule has 3 amide bonds. The van der Waals surface area contributed by atoms with Gasteiger partial charge in [0, 0.05) is 16.5 Å². The maximum absolute atomic E-state index is 12.7. The van der Waals surface area contributed by atoms with Gasteiger partial charge in [-0.1, -0.05) is 35.1 Å². The molecule has 2 aromatic rings. The van der Waals surface area contributed by atoms with E-state index in [1.165, 1.54) is 6.07 Å². The van der Waals surface area contributed by atoms with Gasteiger partial charge in [-0.05, 0) is 30.2 Å². The van der Waals surface area contributed by atoms with Crippen LogP contribution in [0.25, 0.3) is 0 Å². The number of nitro groups is 1. The number of amides is 3. The third-order valence-corrected chi connectivity index (χ3v) is 5.04. The van der Waals surface area contributed by atoms with Crippen molar-refractivity contribution in [1.82, 2.24) is 10.2 Å². The summed E-state index contributed by atoms with van der Waals surface area (Å²) in [5.74, 6) is -0.413. The normalized spacial score (nSPS) is 20.3. The summed E-state index contributed by atoms with van der Waals surface area (Å²) in [6.07, 6.45) is 0. The number of carbonyl (C=O) groups excluding carboxylic acids is 2. The van der Waals surface area contributed by atoms with Crippen LogP contribution in [0.2, 0.25) is 5.02 Å². The Bertz CT molecular complexity index is 835. The molecule has 9 heteroatoms. The molecule has 24 heavy (non-hydrogen) atoms. The predicted octanol–water partition coefficient (Wildman–Crippen LogP) is 3.28. The van der Waals surface area contributed by atoms with Crippen LogP contribution in [0.3, 0.4) is 0 Å². The van der Waals surface area contributed by atoms with Crippen LogP contribution in [0.1, 0.15) is 18.1 Å². The van der Waals surface area contributed by atoms with Gasteiger partial charge < -0.3 is 5.32 Å². The van der Waals surface area contributed by atoms with E-state index in [4.69, 9.17) is 11.6 Å². The Balaban J connectivity index is 1.85. The Hall–Kier alpha value is -2.45. The Morgan fingerprint density at radius 2 is 2.00 bits per heavy atom. The lowest BCUT2D eigenvalue weighted by atomic mass is 9.92. The van der Waals surface area contributed by atoms with E-state index >= 15 is 0 Å². The molecule has 1 N–H and O–H groups in total. The molecule has 1 aliphatic heterocycles. The first-order chi connectivity index (χ1) is 11.3. The van der Waals surface area contributed by atoms with E-state index in [-0.39, 0.29) is 11.5 Å². The van der Waals surface area contributed by atoms with E-state index in [0.29, 0.717) is 16.1 Å². The van der Waals surface area contributed by atoms with Gasteiger partial charge >= 0.3 is 11.0 Å². The van der Waals surface area contributed by atoms with Gasteiger partial charge in [0.15, 0.2) is 0 Å². The average molecular weight is 366 g/mol. The highest BCUT2D eigenvalue weighted by atomic mass is 35.5. The summed E-state index contributed by atoms with van der Waals surface area (Å²) >= 11 is 6.81. The number of benzene rings is 1. The van der Waals surface area contributed by atoms with Crippen LogP contribution in [-0.2, 0) is 16.9 Å². The molecule has 1 saturated heterocycles. The van der Waals surface area contributed by atoms with E-state index in [0.717, 1.165) is 16.2 Å². The summed E-state index contributed by atoms with van der Waals surface area (Å²) in [6, 6.07) is 7.48. The van der Waals surface area contributed by atoms with Gasteiger partial charge in [0.2, 0.25) is 0 Å². The molecule has 1 unspecified atom stereocenters. The summed E-state index contributed by atoms with van der Waals surface area (Å²) in [7, 11) is 0. The largest absolute Gasteiger partial charge is 0.325 e. The maximum Gasteiger partial charge on any atom is 0.325 e. The molecule has 1 fully saturated rings. The van der Waals surface area contributed by atoms with Gasteiger partial charge in [-0.2, -0.15) is 0 Å². The maximum atomic E-state index is 12.7. The molecule has 0 bridgehead atoms. The number of hydrogen-bond donors (Lipinski definition) is 1. The van der Waals surface area contributed by atoms with Gasteiger partial charge in [-0.25, -0.2) is 4.79 Å². The molecule has 124 valence electrons. The van der Waals surface area contributed by atoms with E-state index in [1.807, 2.05) is 0 Å². The minimum Gasteiger partial charge on any atom is -0.319 e. The molecule has 0 aliphatic carbocycles. The second-order valence-corrected chi connectivity index (χ2v) is 6.83. The van der Waals surface area contributed by atoms with Gasteiger partial charge in [-0.3, -0.25) is 19.8 Å². The Morgan fingerprint density at radius 3 is 2.58 bits per heavy atom. The Kier molecular flexibility index (Phi) is 4.02. The van der Waals surface area contributed by atoms with Crippen LogP contribution < -0.4 is 5.32 Å². The van der Waals surface area contributed by atoms with E-state index < -0.39 is 22.4 Å². The minimum atomic E-state index is -1.19. The number of rotatable bonds is 4. The van der Waals surface area contributed by atoms with Gasteiger partial charge in [0.25, 0.3) is 5.91 Å². The Morgan fingerprint density at radius 1 is 1.33 bits per heavy atom. The average Bonchev–Trinajstić information content (AvgIpc) is 3.08. The number of carbonyl (C=O) groups is 2. The molecule has 1 aliphatic rings. The zero-order valence-corrected chi connectivity index (χ0v) is 14.1. The molecule has 1 aromatic carbocycles. The van der Waals surface area contributed by atoms with Crippen LogP contribution in [-0.4, -0.2) is 21.8 Å². The lowest BCUT2D eigenvalue weighted by molar-refractivity contribution is -0.380. The topological polar surface area (TPSA) is 92.6 Å². The van der Waals surface area contributed by atoms with Crippen molar-refractivity contribution < 1.29 is 14.5 Å². The zero-order chi connectivity index (χ0) is 17.5. The lowest BCUT2D eigenvalue weighted by Gasteiger charge is -2.22. The first-order valence-corrected chi connectivity index (χ1v) is 8.19. The molecule has 0 saturated carbocycles. The number of halogens is 1. The van der Waals surface area contributed by atoms with Crippen molar-refractivity contribution in [2.75, 3.05) is 0 Å². The van der Waals surface area contributed by atoms with Crippen molar-refractivity contribution in [2.24, 2.45) is 0 Å². The number of nitrogens with zero attached hydrogens (tertiary/aromatic N) is 2. The van der Waals surface area contributed by atoms with Crippen LogP contribution in [0.15, 0.2) is 35.7 Å². The summed E-state index contributed by atoms with van der Waals surface area (Å²) in [4.78, 5) is 36.3.